The van der Waals surface area contributed by atoms with Crippen LogP contribution in [0.5, 0.6) is 11.5 Å². The summed E-state index contributed by atoms with van der Waals surface area (Å²) in [5.74, 6) is -2.39. The van der Waals surface area contributed by atoms with E-state index in [1.165, 1.54) is 50.6 Å². The van der Waals surface area contributed by atoms with Crippen molar-refractivity contribution in [1.29, 1.82) is 0 Å². The first-order chi connectivity index (χ1) is 17.8. The quantitative estimate of drug-likeness (QED) is 0.349. The Balaban J connectivity index is 1.61. The van der Waals surface area contributed by atoms with Crippen molar-refractivity contribution >= 4 is 11.9 Å². The van der Waals surface area contributed by atoms with Gasteiger partial charge in [-0.3, -0.25) is 9.59 Å². The van der Waals surface area contributed by atoms with E-state index in [1.54, 1.807) is 31.2 Å². The molecule has 4 rings (SSSR count). The largest absolute Gasteiger partial charge is 0.493 e. The summed E-state index contributed by atoms with van der Waals surface area (Å²) in [5.41, 5.74) is 1.14. The van der Waals surface area contributed by atoms with Crippen molar-refractivity contribution in [3.8, 4) is 11.5 Å². The maximum absolute atomic E-state index is 13.5. The lowest BCUT2D eigenvalue weighted by Gasteiger charge is -2.15. The SMILES string of the molecule is COc1ccnc(C(=O)N[C@@H](C)c2nc(C(c3ccc(F)cc3)c3ccc(F)cc3)no2)c1OC(C)=O. The fourth-order valence-corrected chi connectivity index (χ4v) is 3.66. The number of pyridine rings is 1. The number of aromatic nitrogens is 3. The maximum Gasteiger partial charge on any atom is 0.308 e. The van der Waals surface area contributed by atoms with E-state index in [9.17, 15) is 18.4 Å². The lowest BCUT2D eigenvalue weighted by atomic mass is 9.90. The molecule has 0 saturated heterocycles. The molecule has 1 amide bonds. The van der Waals surface area contributed by atoms with E-state index in [2.05, 4.69) is 20.4 Å². The summed E-state index contributed by atoms with van der Waals surface area (Å²) in [6, 6.07) is 12.2. The average molecular weight is 508 g/mol. The van der Waals surface area contributed by atoms with Crippen molar-refractivity contribution in [1.82, 2.24) is 20.4 Å². The van der Waals surface area contributed by atoms with Gasteiger partial charge in [-0.1, -0.05) is 29.4 Å². The van der Waals surface area contributed by atoms with Crippen LogP contribution in [0.4, 0.5) is 8.78 Å². The molecule has 2 aromatic carbocycles. The summed E-state index contributed by atoms with van der Waals surface area (Å²) in [5, 5.41) is 6.75. The van der Waals surface area contributed by atoms with Gasteiger partial charge in [0, 0.05) is 19.2 Å². The Hall–Kier alpha value is -4.67. The molecule has 0 aliphatic heterocycles. The minimum absolute atomic E-state index is 0.0782. The second kappa shape index (κ2) is 10.9. The average Bonchev–Trinajstić information content (AvgIpc) is 3.36. The Morgan fingerprint density at radius 1 is 0.973 bits per heavy atom. The van der Waals surface area contributed by atoms with E-state index in [0.29, 0.717) is 11.1 Å². The summed E-state index contributed by atoms with van der Waals surface area (Å²) < 4.78 is 42.8. The molecule has 0 aliphatic rings. The minimum atomic E-state index is -0.769. The molecule has 9 nitrogen and oxygen atoms in total. The standard InChI is InChI=1S/C26H22F2N4O5/c1-14(30-25(34)22-23(36-15(2)33)20(35-3)12-13-29-22)26-31-24(32-37-26)21(16-4-8-18(27)9-5-16)17-6-10-19(28)11-7-17/h4-14,21H,1-3H3,(H,30,34)/t14-/m0/s1. The number of carbonyl (C=O) groups excluding carboxylic acids is 2. The zero-order chi connectivity index (χ0) is 26.5. The van der Waals surface area contributed by atoms with Crippen molar-refractivity contribution in [2.45, 2.75) is 25.8 Å². The molecule has 1 atom stereocenters. The Morgan fingerprint density at radius 3 is 2.11 bits per heavy atom. The van der Waals surface area contributed by atoms with Gasteiger partial charge in [-0.05, 0) is 42.3 Å². The van der Waals surface area contributed by atoms with E-state index >= 15 is 0 Å². The van der Waals surface area contributed by atoms with Crippen LogP contribution in [-0.2, 0) is 4.79 Å². The highest BCUT2D eigenvalue weighted by molar-refractivity contribution is 5.96. The van der Waals surface area contributed by atoms with Crippen LogP contribution >= 0.6 is 0 Å². The van der Waals surface area contributed by atoms with E-state index < -0.39 is 35.5 Å². The topological polar surface area (TPSA) is 116 Å². The van der Waals surface area contributed by atoms with E-state index in [4.69, 9.17) is 14.0 Å². The number of carbonyl (C=O) groups is 2. The molecule has 2 aromatic heterocycles. The molecule has 0 bridgehead atoms. The van der Waals surface area contributed by atoms with Gasteiger partial charge in [0.1, 0.15) is 17.7 Å². The summed E-state index contributed by atoms with van der Waals surface area (Å²) in [6.45, 7) is 2.81. The number of esters is 1. The third-order valence-electron chi connectivity index (χ3n) is 5.39. The first-order valence-corrected chi connectivity index (χ1v) is 11.1. The number of hydrogen-bond acceptors (Lipinski definition) is 8. The van der Waals surface area contributed by atoms with Gasteiger partial charge in [0.25, 0.3) is 5.91 Å². The van der Waals surface area contributed by atoms with Gasteiger partial charge < -0.3 is 19.3 Å². The molecular formula is C26H22F2N4O5. The molecule has 0 fully saturated rings. The fraction of sp³-hybridized carbons (Fsp3) is 0.192. The molecule has 37 heavy (non-hydrogen) atoms. The number of methoxy groups -OCH3 is 1. The van der Waals surface area contributed by atoms with Gasteiger partial charge in [-0.15, -0.1) is 0 Å². The van der Waals surface area contributed by atoms with Gasteiger partial charge in [0.15, 0.2) is 17.3 Å². The highest BCUT2D eigenvalue weighted by Gasteiger charge is 2.27. The Bertz CT molecular complexity index is 1360. The Labute approximate surface area is 210 Å². The van der Waals surface area contributed by atoms with Crippen LogP contribution in [-0.4, -0.2) is 34.1 Å². The van der Waals surface area contributed by atoms with Gasteiger partial charge in [-0.2, -0.15) is 4.98 Å². The number of ether oxygens (including phenoxy) is 2. The van der Waals surface area contributed by atoms with E-state index in [-0.39, 0.29) is 28.9 Å². The third-order valence-corrected chi connectivity index (χ3v) is 5.39. The zero-order valence-corrected chi connectivity index (χ0v) is 20.1. The molecule has 1 N–H and O–H groups in total. The number of amides is 1. The predicted molar refractivity (Wildman–Crippen MR) is 126 cm³/mol. The predicted octanol–water partition coefficient (Wildman–Crippen LogP) is 4.35. The van der Waals surface area contributed by atoms with Crippen molar-refractivity contribution in [3.63, 3.8) is 0 Å². The van der Waals surface area contributed by atoms with Gasteiger partial charge in [0.05, 0.1) is 13.0 Å². The number of nitrogens with one attached hydrogen (secondary N) is 1. The van der Waals surface area contributed by atoms with Crippen LogP contribution in [0.2, 0.25) is 0 Å². The van der Waals surface area contributed by atoms with Crippen LogP contribution in [0, 0.1) is 11.6 Å². The smallest absolute Gasteiger partial charge is 0.308 e. The highest BCUT2D eigenvalue weighted by atomic mass is 19.1. The van der Waals surface area contributed by atoms with Crippen molar-refractivity contribution in [3.05, 3.63) is 101 Å². The third kappa shape index (κ3) is 5.77. The monoisotopic (exact) mass is 508 g/mol. The van der Waals surface area contributed by atoms with Crippen LogP contribution in [0.25, 0.3) is 0 Å². The highest BCUT2D eigenvalue weighted by Crippen LogP contribution is 2.32. The van der Waals surface area contributed by atoms with Crippen molar-refractivity contribution in [2.24, 2.45) is 0 Å². The number of benzene rings is 2. The molecular weight excluding hydrogens is 486 g/mol. The zero-order valence-electron chi connectivity index (χ0n) is 20.1. The minimum Gasteiger partial charge on any atom is -0.493 e. The molecule has 0 radical (unpaired) electrons. The molecule has 0 aliphatic carbocycles. The van der Waals surface area contributed by atoms with Crippen LogP contribution in [0.1, 0.15) is 59.1 Å². The van der Waals surface area contributed by atoms with Crippen LogP contribution in [0.15, 0.2) is 65.3 Å². The Kier molecular flexibility index (Phi) is 7.52. The molecule has 0 unspecified atom stereocenters. The molecule has 2 heterocycles. The summed E-state index contributed by atoms with van der Waals surface area (Å²) in [6.07, 6.45) is 1.34. The van der Waals surface area contributed by atoms with E-state index in [0.717, 1.165) is 0 Å². The summed E-state index contributed by atoms with van der Waals surface area (Å²) in [4.78, 5) is 33.0. The number of hydrogen-bond donors (Lipinski definition) is 1. The normalized spacial score (nSPS) is 11.7. The second-order valence-corrected chi connectivity index (χ2v) is 8.01. The lowest BCUT2D eigenvalue weighted by molar-refractivity contribution is -0.132. The summed E-state index contributed by atoms with van der Waals surface area (Å²) >= 11 is 0. The van der Waals surface area contributed by atoms with Gasteiger partial charge >= 0.3 is 5.97 Å². The Morgan fingerprint density at radius 2 is 1.57 bits per heavy atom. The van der Waals surface area contributed by atoms with Crippen molar-refractivity contribution in [2.75, 3.05) is 7.11 Å². The van der Waals surface area contributed by atoms with Gasteiger partial charge in [-0.25, -0.2) is 13.8 Å². The molecule has 11 heteroatoms. The first-order valence-electron chi connectivity index (χ1n) is 11.1. The molecule has 0 saturated carbocycles. The number of nitrogens with zero attached hydrogens (tertiary/aromatic N) is 3. The van der Waals surface area contributed by atoms with Crippen LogP contribution < -0.4 is 14.8 Å². The fourth-order valence-electron chi connectivity index (χ4n) is 3.66. The van der Waals surface area contributed by atoms with Crippen molar-refractivity contribution < 1.29 is 32.4 Å². The summed E-state index contributed by atoms with van der Waals surface area (Å²) in [7, 11) is 1.37. The molecule has 190 valence electrons. The van der Waals surface area contributed by atoms with E-state index in [1.807, 2.05) is 0 Å². The first kappa shape index (κ1) is 25.4. The lowest BCUT2D eigenvalue weighted by Crippen LogP contribution is -2.28. The molecule has 0 spiro atoms. The maximum atomic E-state index is 13.5. The van der Waals surface area contributed by atoms with Crippen LogP contribution in [0.3, 0.4) is 0 Å². The van der Waals surface area contributed by atoms with Gasteiger partial charge in [0.2, 0.25) is 11.6 Å². The second-order valence-electron chi connectivity index (χ2n) is 8.01. The molecule has 4 aromatic rings. The number of halogens is 2. The number of rotatable bonds is 8.